The number of hydrogen-bond acceptors (Lipinski definition) is 9. The van der Waals surface area contributed by atoms with E-state index in [1.165, 1.54) is 11.3 Å². The highest BCUT2D eigenvalue weighted by molar-refractivity contribution is 7.20. The van der Waals surface area contributed by atoms with Crippen LogP contribution in [0.1, 0.15) is 48.7 Å². The normalized spacial score (nSPS) is 12.0. The number of thiazole rings is 1. The fourth-order valence-corrected chi connectivity index (χ4v) is 6.62. The monoisotopic (exact) mass is 637 g/mol. The molecule has 0 fully saturated rings. The lowest BCUT2D eigenvalue weighted by molar-refractivity contribution is 0.559. The first-order chi connectivity index (χ1) is 22.5. The molecule has 0 unspecified atom stereocenters. The number of anilines is 2. The van der Waals surface area contributed by atoms with Crippen LogP contribution in [0.15, 0.2) is 81.8 Å². The van der Waals surface area contributed by atoms with Crippen molar-refractivity contribution in [3.63, 3.8) is 0 Å². The Balaban J connectivity index is 1.49. The quantitative estimate of drug-likeness (QED) is 0.143. The summed E-state index contributed by atoms with van der Waals surface area (Å²) < 4.78 is 2.58. The second-order valence-electron chi connectivity index (χ2n) is 12.5. The molecule has 0 saturated carbocycles. The van der Waals surface area contributed by atoms with Gasteiger partial charge in [0.05, 0.1) is 26.8 Å². The Morgan fingerprint density at radius 3 is 2.43 bits per heavy atom. The van der Waals surface area contributed by atoms with Crippen molar-refractivity contribution < 1.29 is 0 Å². The molecule has 0 saturated heterocycles. The third-order valence-corrected chi connectivity index (χ3v) is 9.20. The lowest BCUT2D eigenvalue weighted by Gasteiger charge is -2.15. The Hall–Kier alpha value is -5.73. The van der Waals surface area contributed by atoms with Crippen molar-refractivity contribution in [1.29, 1.82) is 5.26 Å². The van der Waals surface area contributed by atoms with Gasteiger partial charge in [-0.2, -0.15) is 15.0 Å². The lowest BCUT2D eigenvalue weighted by atomic mass is 9.90. The smallest absolute Gasteiger partial charge is 0.213 e. The molecule has 47 heavy (non-hydrogen) atoms. The Labute approximate surface area is 274 Å². The Morgan fingerprint density at radius 2 is 1.68 bits per heavy atom. The minimum absolute atomic E-state index is 0.145. The largest absolute Gasteiger partial charge is 0.339 e. The summed E-state index contributed by atoms with van der Waals surface area (Å²) in [5.74, 6) is 0.665. The van der Waals surface area contributed by atoms with Crippen LogP contribution in [0.25, 0.3) is 37.3 Å². The lowest BCUT2D eigenvalue weighted by Crippen LogP contribution is -2.14. The van der Waals surface area contributed by atoms with Gasteiger partial charge in [-0.15, -0.1) is 10.2 Å². The first-order valence-corrected chi connectivity index (χ1v) is 16.0. The number of benzene rings is 3. The van der Waals surface area contributed by atoms with Crippen LogP contribution in [0.2, 0.25) is 0 Å². The van der Waals surface area contributed by atoms with E-state index in [1.54, 1.807) is 4.68 Å². The topological polar surface area (TPSA) is 137 Å². The number of nitriles is 1. The van der Waals surface area contributed by atoms with E-state index < -0.39 is 5.41 Å². The molecule has 0 aliphatic rings. The van der Waals surface area contributed by atoms with E-state index in [4.69, 9.17) is 25.3 Å². The zero-order valence-electron chi connectivity index (χ0n) is 26.8. The van der Waals surface area contributed by atoms with Crippen LogP contribution in [-0.2, 0) is 5.41 Å². The maximum atomic E-state index is 13.9. The van der Waals surface area contributed by atoms with Crippen molar-refractivity contribution in [2.75, 3.05) is 5.32 Å². The van der Waals surface area contributed by atoms with Gasteiger partial charge in [0.1, 0.15) is 23.0 Å². The van der Waals surface area contributed by atoms with Gasteiger partial charge in [-0.05, 0) is 61.7 Å². The summed E-state index contributed by atoms with van der Waals surface area (Å²) in [6, 6.07) is 23.6. The maximum Gasteiger partial charge on any atom is 0.213 e. The molecule has 0 radical (unpaired) electrons. The molecule has 11 heteroatoms. The zero-order valence-corrected chi connectivity index (χ0v) is 27.6. The van der Waals surface area contributed by atoms with Crippen molar-refractivity contribution in [3.05, 3.63) is 105 Å². The molecule has 7 aromatic rings. The Bertz CT molecular complexity index is 2470. The van der Waals surface area contributed by atoms with Crippen LogP contribution in [0, 0.1) is 32.1 Å². The molecule has 4 aromatic heterocycles. The number of aromatic nitrogens is 5. The first kappa shape index (κ1) is 30.0. The third-order valence-electron chi connectivity index (χ3n) is 8.19. The number of para-hydroxylation sites is 3. The molecule has 0 spiro atoms. The maximum absolute atomic E-state index is 13.9. The van der Waals surface area contributed by atoms with Crippen LogP contribution in [-0.4, -0.2) is 24.7 Å². The van der Waals surface area contributed by atoms with Gasteiger partial charge in [0.25, 0.3) is 0 Å². The minimum Gasteiger partial charge on any atom is -0.339 e. The second kappa shape index (κ2) is 11.3. The highest BCUT2D eigenvalue weighted by Crippen LogP contribution is 2.39. The van der Waals surface area contributed by atoms with Gasteiger partial charge in [0.15, 0.2) is 17.1 Å². The predicted octanol–water partition coefficient (Wildman–Crippen LogP) is 9.13. The number of hydrogen-bond donors (Lipinski definition) is 2. The molecule has 0 amide bonds. The number of H-pyrrole nitrogens is 1. The summed E-state index contributed by atoms with van der Waals surface area (Å²) in [5.41, 5.74) is 6.04. The summed E-state index contributed by atoms with van der Waals surface area (Å²) in [4.78, 5) is 27.0. The molecule has 232 valence electrons. The van der Waals surface area contributed by atoms with Gasteiger partial charge in [0.2, 0.25) is 5.13 Å². The minimum atomic E-state index is -0.457. The summed E-state index contributed by atoms with van der Waals surface area (Å²) in [6.45, 7) is 11.8. The third kappa shape index (κ3) is 5.13. The van der Waals surface area contributed by atoms with E-state index in [1.807, 2.05) is 108 Å². The molecule has 4 heterocycles. The molecule has 0 aliphatic heterocycles. The number of fused-ring (bicyclic) bond motifs is 3. The Morgan fingerprint density at radius 1 is 0.936 bits per heavy atom. The van der Waals surface area contributed by atoms with Crippen molar-refractivity contribution in [3.8, 4) is 11.2 Å². The fraction of sp³-hybridized carbons (Fsp3) is 0.194. The van der Waals surface area contributed by atoms with Crippen LogP contribution >= 0.6 is 11.3 Å². The summed E-state index contributed by atoms with van der Waals surface area (Å²) in [6.07, 6.45) is 0. The SMILES string of the molecule is Cc1ccccc1Nc1nc2[nH]c3c(C)cccc3c(=O)c2c(C)c1N=Nc1c(C#N)c(C(C)(C)C)nn1-c1nc2ccccc2s1. The van der Waals surface area contributed by atoms with Gasteiger partial charge in [-0.3, -0.25) is 4.79 Å². The van der Waals surface area contributed by atoms with Crippen molar-refractivity contribution in [1.82, 2.24) is 24.7 Å². The van der Waals surface area contributed by atoms with Crippen LogP contribution in [0.5, 0.6) is 0 Å². The van der Waals surface area contributed by atoms with E-state index in [0.29, 0.717) is 49.9 Å². The van der Waals surface area contributed by atoms with Crippen LogP contribution in [0.4, 0.5) is 23.0 Å². The van der Waals surface area contributed by atoms with E-state index in [0.717, 1.165) is 32.5 Å². The zero-order chi connectivity index (χ0) is 33.0. The number of nitrogens with one attached hydrogen (secondary N) is 2. The van der Waals surface area contributed by atoms with Gasteiger partial charge in [-0.1, -0.05) is 74.6 Å². The van der Waals surface area contributed by atoms with E-state index in [2.05, 4.69) is 16.4 Å². The average Bonchev–Trinajstić information content (AvgIpc) is 3.64. The number of pyridine rings is 2. The number of aromatic amines is 1. The molecule has 10 nitrogen and oxygen atoms in total. The average molecular weight is 638 g/mol. The molecule has 0 atom stereocenters. The van der Waals surface area contributed by atoms with Gasteiger partial charge >= 0.3 is 0 Å². The highest BCUT2D eigenvalue weighted by atomic mass is 32.1. The van der Waals surface area contributed by atoms with Crippen LogP contribution < -0.4 is 10.7 Å². The number of azo groups is 1. The van der Waals surface area contributed by atoms with E-state index in [-0.39, 0.29) is 11.2 Å². The summed E-state index contributed by atoms with van der Waals surface area (Å²) in [5, 5.41) is 29.7. The van der Waals surface area contributed by atoms with E-state index >= 15 is 0 Å². The molecule has 2 N–H and O–H groups in total. The molecule has 0 bridgehead atoms. The van der Waals surface area contributed by atoms with Crippen molar-refractivity contribution >= 4 is 66.5 Å². The highest BCUT2D eigenvalue weighted by Gasteiger charge is 2.29. The molecule has 0 aliphatic carbocycles. The van der Waals surface area contributed by atoms with Gasteiger partial charge < -0.3 is 10.3 Å². The van der Waals surface area contributed by atoms with Crippen LogP contribution in [0.3, 0.4) is 0 Å². The molecule has 3 aromatic carbocycles. The number of rotatable bonds is 5. The summed E-state index contributed by atoms with van der Waals surface area (Å²) >= 11 is 1.45. The standard InChI is InChI=1S/C36H31N9OS/c1-19-12-7-8-15-24(19)38-33-29(21(3)27-30(46)22-14-11-13-20(2)28(22)40-32(27)41-33)42-43-34-23(18-37)31(36(4,5)6)44-45(34)35-39-25-16-9-10-17-26(25)47-35/h7-17H,1-6H3,(H2,38,40,41,46). The number of nitrogens with zero attached hydrogens (tertiary/aromatic N) is 7. The van der Waals surface area contributed by atoms with Gasteiger partial charge in [-0.25, -0.2) is 9.97 Å². The van der Waals surface area contributed by atoms with Crippen molar-refractivity contribution in [2.24, 2.45) is 10.2 Å². The predicted molar refractivity (Wildman–Crippen MR) is 188 cm³/mol. The van der Waals surface area contributed by atoms with E-state index in [9.17, 15) is 10.1 Å². The fourth-order valence-electron chi connectivity index (χ4n) is 5.70. The van der Waals surface area contributed by atoms with Crippen molar-refractivity contribution in [2.45, 2.75) is 47.0 Å². The summed E-state index contributed by atoms with van der Waals surface area (Å²) in [7, 11) is 0. The first-order valence-electron chi connectivity index (χ1n) is 15.1. The second-order valence-corrected chi connectivity index (χ2v) is 13.5. The molecular formula is C36H31N9OS. The number of aryl methyl sites for hydroxylation is 3. The Kier molecular flexibility index (Phi) is 7.17. The van der Waals surface area contributed by atoms with Gasteiger partial charge in [0, 0.05) is 16.5 Å². The molecular weight excluding hydrogens is 607 g/mol. The molecule has 7 rings (SSSR count).